The van der Waals surface area contributed by atoms with Gasteiger partial charge < -0.3 is 0 Å². The van der Waals surface area contributed by atoms with Crippen LogP contribution in [0.25, 0.3) is 6.08 Å². The maximum absolute atomic E-state index is 12.4. The van der Waals surface area contributed by atoms with Crippen LogP contribution < -0.4 is 5.43 Å². The number of nitrogens with zero attached hydrogens (tertiary/aromatic N) is 1. The molecule has 1 aliphatic heterocycles. The van der Waals surface area contributed by atoms with Crippen molar-refractivity contribution in [1.82, 2.24) is 10.4 Å². The molecule has 5 heteroatoms. The van der Waals surface area contributed by atoms with E-state index in [2.05, 4.69) is 5.43 Å². The molecule has 3 rings (SSSR count). The molecule has 1 amide bonds. The molecule has 0 spiro atoms. The van der Waals surface area contributed by atoms with E-state index in [4.69, 9.17) is 12.2 Å². The number of thioether (sulfide) groups is 1. The van der Waals surface area contributed by atoms with Crippen molar-refractivity contribution in [1.29, 1.82) is 0 Å². The molecule has 0 bridgehead atoms. The van der Waals surface area contributed by atoms with E-state index in [-0.39, 0.29) is 5.91 Å². The van der Waals surface area contributed by atoms with E-state index in [1.165, 1.54) is 16.8 Å². The lowest BCUT2D eigenvalue weighted by atomic mass is 10.2. The smallest absolute Gasteiger partial charge is 0.267 e. The molecule has 1 fully saturated rings. The van der Waals surface area contributed by atoms with Crippen LogP contribution in [0.2, 0.25) is 0 Å². The van der Waals surface area contributed by atoms with Gasteiger partial charge in [0, 0.05) is 6.54 Å². The third-order valence-corrected chi connectivity index (χ3v) is 4.48. The summed E-state index contributed by atoms with van der Waals surface area (Å²) in [6, 6.07) is 19.7. The minimum absolute atomic E-state index is 0.102. The Morgan fingerprint density at radius 2 is 1.68 bits per heavy atom. The number of carbonyl (C=O) groups is 1. The van der Waals surface area contributed by atoms with Gasteiger partial charge in [-0.3, -0.25) is 4.79 Å². The summed E-state index contributed by atoms with van der Waals surface area (Å²) in [5, 5.41) is 1.45. The molecule has 0 unspecified atom stereocenters. The molecule has 0 atom stereocenters. The van der Waals surface area contributed by atoms with Crippen LogP contribution in [-0.2, 0) is 11.3 Å². The van der Waals surface area contributed by atoms with Crippen molar-refractivity contribution < 1.29 is 4.79 Å². The number of hydrazine groups is 1. The summed E-state index contributed by atoms with van der Waals surface area (Å²) >= 11 is 6.61. The fraction of sp³-hybridized carbons (Fsp3) is 0.0588. The van der Waals surface area contributed by atoms with Crippen molar-refractivity contribution in [2.45, 2.75) is 6.54 Å². The molecule has 0 aliphatic carbocycles. The summed E-state index contributed by atoms with van der Waals surface area (Å²) < 4.78 is 0.531. The van der Waals surface area contributed by atoms with E-state index in [1.807, 2.05) is 66.7 Å². The average Bonchev–Trinajstić information content (AvgIpc) is 2.81. The second-order valence-electron chi connectivity index (χ2n) is 4.75. The van der Waals surface area contributed by atoms with Gasteiger partial charge in [-0.05, 0) is 17.2 Å². The van der Waals surface area contributed by atoms with Crippen molar-refractivity contribution >= 4 is 40.3 Å². The van der Waals surface area contributed by atoms with Gasteiger partial charge in [0.05, 0.1) is 4.91 Å². The maximum Gasteiger partial charge on any atom is 0.280 e. The highest BCUT2D eigenvalue weighted by atomic mass is 32.2. The van der Waals surface area contributed by atoms with Gasteiger partial charge >= 0.3 is 0 Å². The molecule has 0 saturated carbocycles. The summed E-state index contributed by atoms with van der Waals surface area (Å²) in [6.07, 6.45) is 1.86. The predicted molar refractivity (Wildman–Crippen MR) is 94.7 cm³/mol. The first kappa shape index (κ1) is 15.0. The molecule has 1 aliphatic rings. The third kappa shape index (κ3) is 3.44. The summed E-state index contributed by atoms with van der Waals surface area (Å²) in [5.74, 6) is -0.102. The topological polar surface area (TPSA) is 32.3 Å². The van der Waals surface area contributed by atoms with Crippen LogP contribution in [0.3, 0.4) is 0 Å². The van der Waals surface area contributed by atoms with Crippen molar-refractivity contribution in [2.75, 3.05) is 0 Å². The van der Waals surface area contributed by atoms with Crippen molar-refractivity contribution in [3.05, 3.63) is 76.7 Å². The molecule has 22 heavy (non-hydrogen) atoms. The van der Waals surface area contributed by atoms with Crippen molar-refractivity contribution in [3.63, 3.8) is 0 Å². The highest BCUT2D eigenvalue weighted by Gasteiger charge is 2.31. The second-order valence-corrected chi connectivity index (χ2v) is 6.42. The third-order valence-electron chi connectivity index (χ3n) is 3.18. The van der Waals surface area contributed by atoms with E-state index in [9.17, 15) is 4.79 Å². The zero-order valence-corrected chi connectivity index (χ0v) is 13.4. The van der Waals surface area contributed by atoms with Crippen molar-refractivity contribution in [2.24, 2.45) is 0 Å². The first-order chi connectivity index (χ1) is 10.7. The van der Waals surface area contributed by atoms with Crippen LogP contribution in [0.15, 0.2) is 65.6 Å². The van der Waals surface area contributed by atoms with Crippen molar-refractivity contribution in [3.8, 4) is 0 Å². The Hall–Kier alpha value is -1.95. The molecule has 1 saturated heterocycles. The van der Waals surface area contributed by atoms with Gasteiger partial charge in [-0.25, -0.2) is 10.4 Å². The zero-order chi connectivity index (χ0) is 15.4. The standard InChI is InChI=1S/C17H14N2OS2/c20-16-15(11-13-7-3-1-4-8-13)22-17(21)19(16)18-12-14-9-5-2-6-10-14/h1-11,18H,12H2/b15-11+. The summed E-state index contributed by atoms with van der Waals surface area (Å²) in [7, 11) is 0. The Balaban J connectivity index is 1.71. The second kappa shape index (κ2) is 6.87. The number of amides is 1. The molecule has 3 nitrogen and oxygen atoms in total. The fourth-order valence-corrected chi connectivity index (χ4v) is 3.29. The lowest BCUT2D eigenvalue weighted by Gasteiger charge is -2.15. The Labute approximate surface area is 139 Å². The minimum atomic E-state index is -0.102. The van der Waals surface area contributed by atoms with E-state index >= 15 is 0 Å². The largest absolute Gasteiger partial charge is 0.280 e. The number of hydrogen-bond acceptors (Lipinski definition) is 4. The zero-order valence-electron chi connectivity index (χ0n) is 11.7. The van der Waals surface area contributed by atoms with Crippen LogP contribution in [-0.4, -0.2) is 15.2 Å². The highest BCUT2D eigenvalue weighted by molar-refractivity contribution is 8.26. The molecular weight excluding hydrogens is 312 g/mol. The summed E-state index contributed by atoms with van der Waals surface area (Å²) in [5.41, 5.74) is 5.19. The number of hydrogen-bond donors (Lipinski definition) is 1. The molecule has 1 N–H and O–H groups in total. The van der Waals surface area contributed by atoms with E-state index in [0.29, 0.717) is 15.8 Å². The van der Waals surface area contributed by atoms with Crippen LogP contribution in [0.4, 0.5) is 0 Å². The number of thiocarbonyl (C=S) groups is 1. The van der Waals surface area contributed by atoms with Gasteiger partial charge in [0.25, 0.3) is 5.91 Å². The lowest BCUT2D eigenvalue weighted by Crippen LogP contribution is -2.40. The van der Waals surface area contributed by atoms with Crippen LogP contribution in [0.1, 0.15) is 11.1 Å². The first-order valence-corrected chi connectivity index (χ1v) is 8.07. The van der Waals surface area contributed by atoms with Gasteiger partial charge in [-0.1, -0.05) is 84.6 Å². The Morgan fingerprint density at radius 3 is 2.36 bits per heavy atom. The maximum atomic E-state index is 12.4. The van der Waals surface area contributed by atoms with E-state index in [0.717, 1.165) is 11.1 Å². The van der Waals surface area contributed by atoms with Gasteiger partial charge in [0.2, 0.25) is 0 Å². The average molecular weight is 326 g/mol. The number of rotatable bonds is 4. The minimum Gasteiger partial charge on any atom is -0.267 e. The van der Waals surface area contributed by atoms with E-state index in [1.54, 1.807) is 0 Å². The summed E-state index contributed by atoms with van der Waals surface area (Å²) in [6.45, 7) is 0.561. The number of carbonyl (C=O) groups excluding carboxylic acids is 1. The fourth-order valence-electron chi connectivity index (χ4n) is 2.07. The molecular formula is C17H14N2OS2. The molecule has 2 aromatic rings. The normalized spacial score (nSPS) is 16.5. The molecule has 110 valence electrons. The Bertz CT molecular complexity index is 714. The van der Waals surface area contributed by atoms with Gasteiger partial charge in [0.15, 0.2) is 4.32 Å². The lowest BCUT2D eigenvalue weighted by molar-refractivity contribution is -0.124. The summed E-state index contributed by atoms with van der Waals surface area (Å²) in [4.78, 5) is 13.1. The SMILES string of the molecule is O=C1/C(=C\c2ccccc2)SC(=S)N1NCc1ccccc1. The Kier molecular flexibility index (Phi) is 4.68. The Morgan fingerprint density at radius 1 is 1.05 bits per heavy atom. The molecule has 1 heterocycles. The van der Waals surface area contributed by atoms with Crippen LogP contribution >= 0.6 is 24.0 Å². The predicted octanol–water partition coefficient (Wildman–Crippen LogP) is 3.59. The quantitative estimate of drug-likeness (QED) is 0.687. The van der Waals surface area contributed by atoms with E-state index < -0.39 is 0 Å². The first-order valence-electron chi connectivity index (χ1n) is 6.84. The van der Waals surface area contributed by atoms with Gasteiger partial charge in [-0.15, -0.1) is 0 Å². The highest BCUT2D eigenvalue weighted by Crippen LogP contribution is 2.31. The number of nitrogens with one attached hydrogen (secondary N) is 1. The molecule has 0 aromatic heterocycles. The monoisotopic (exact) mass is 326 g/mol. The van der Waals surface area contributed by atoms with Crippen LogP contribution in [0.5, 0.6) is 0 Å². The number of benzene rings is 2. The van der Waals surface area contributed by atoms with Gasteiger partial charge in [-0.2, -0.15) is 0 Å². The van der Waals surface area contributed by atoms with Gasteiger partial charge in [0.1, 0.15) is 0 Å². The molecule has 2 aromatic carbocycles. The van der Waals surface area contributed by atoms with Crippen LogP contribution in [0, 0.1) is 0 Å². The molecule has 0 radical (unpaired) electrons.